The van der Waals surface area contributed by atoms with Gasteiger partial charge < -0.3 is 9.84 Å². The first-order valence-electron chi connectivity index (χ1n) is 4.01. The Morgan fingerprint density at radius 3 is 3.00 bits per heavy atom. The summed E-state index contributed by atoms with van der Waals surface area (Å²) in [5, 5.41) is 11.8. The molecular weight excluding hydrogens is 200 g/mol. The maximum atomic E-state index is 11.3. The molecule has 72 valence electrons. The fourth-order valence-corrected chi connectivity index (χ4v) is 2.28. The average Bonchev–Trinajstić information content (AvgIpc) is 2.62. The quantitative estimate of drug-likeness (QED) is 0.732. The SMILES string of the molecule is COC(=O)c1csc2cccc(O)c12. The molecule has 0 aliphatic carbocycles. The van der Waals surface area contributed by atoms with Crippen molar-refractivity contribution in [1.29, 1.82) is 0 Å². The van der Waals surface area contributed by atoms with Gasteiger partial charge in [-0.1, -0.05) is 6.07 Å². The van der Waals surface area contributed by atoms with Crippen LogP contribution in [0.2, 0.25) is 0 Å². The zero-order chi connectivity index (χ0) is 10.1. The third-order valence-corrected chi connectivity index (χ3v) is 2.93. The first-order chi connectivity index (χ1) is 6.74. The summed E-state index contributed by atoms with van der Waals surface area (Å²) in [4.78, 5) is 11.3. The van der Waals surface area contributed by atoms with Crippen LogP contribution in [0.4, 0.5) is 0 Å². The zero-order valence-corrected chi connectivity index (χ0v) is 8.30. The number of phenols is 1. The molecular formula is C10H8O3S. The molecule has 1 heterocycles. The van der Waals surface area contributed by atoms with E-state index in [2.05, 4.69) is 4.74 Å². The summed E-state index contributed by atoms with van der Waals surface area (Å²) in [7, 11) is 1.33. The smallest absolute Gasteiger partial charge is 0.339 e. The van der Waals surface area contributed by atoms with Crippen molar-refractivity contribution in [2.45, 2.75) is 0 Å². The maximum absolute atomic E-state index is 11.3. The molecule has 0 atom stereocenters. The third kappa shape index (κ3) is 1.24. The van der Waals surface area contributed by atoms with Crippen LogP contribution in [0.15, 0.2) is 23.6 Å². The van der Waals surface area contributed by atoms with Crippen LogP contribution in [0, 0.1) is 0 Å². The highest BCUT2D eigenvalue weighted by atomic mass is 32.1. The van der Waals surface area contributed by atoms with Gasteiger partial charge in [-0.3, -0.25) is 0 Å². The van der Waals surface area contributed by atoms with E-state index < -0.39 is 5.97 Å². The number of rotatable bonds is 1. The number of methoxy groups -OCH3 is 1. The number of hydrogen-bond acceptors (Lipinski definition) is 4. The summed E-state index contributed by atoms with van der Waals surface area (Å²) < 4.78 is 5.49. The Morgan fingerprint density at radius 2 is 2.29 bits per heavy atom. The highest BCUT2D eigenvalue weighted by molar-refractivity contribution is 7.17. The highest BCUT2D eigenvalue weighted by Gasteiger charge is 2.14. The van der Waals surface area contributed by atoms with Crippen molar-refractivity contribution >= 4 is 27.4 Å². The van der Waals surface area contributed by atoms with Gasteiger partial charge in [0.2, 0.25) is 0 Å². The number of fused-ring (bicyclic) bond motifs is 1. The summed E-state index contributed by atoms with van der Waals surface area (Å²) in [6.45, 7) is 0. The van der Waals surface area contributed by atoms with Crippen molar-refractivity contribution in [3.05, 3.63) is 29.1 Å². The molecule has 2 aromatic rings. The molecule has 0 saturated carbocycles. The molecule has 0 amide bonds. The van der Waals surface area contributed by atoms with Gasteiger partial charge in [-0.2, -0.15) is 0 Å². The minimum absolute atomic E-state index is 0.115. The van der Waals surface area contributed by atoms with Crippen LogP contribution in [0.25, 0.3) is 10.1 Å². The Balaban J connectivity index is 2.73. The van der Waals surface area contributed by atoms with Gasteiger partial charge in [0.1, 0.15) is 5.75 Å². The Kier molecular flexibility index (Phi) is 2.13. The minimum atomic E-state index is -0.419. The molecule has 0 fully saturated rings. The average molecular weight is 208 g/mol. The van der Waals surface area contributed by atoms with Gasteiger partial charge in [-0.25, -0.2) is 4.79 Å². The molecule has 14 heavy (non-hydrogen) atoms. The lowest BCUT2D eigenvalue weighted by Gasteiger charge is -1.98. The second kappa shape index (κ2) is 3.31. The Labute approximate surface area is 84.6 Å². The van der Waals surface area contributed by atoms with E-state index in [1.165, 1.54) is 18.4 Å². The molecule has 1 aromatic carbocycles. The normalized spacial score (nSPS) is 10.4. The zero-order valence-electron chi connectivity index (χ0n) is 7.48. The predicted octanol–water partition coefficient (Wildman–Crippen LogP) is 2.39. The summed E-state index contributed by atoms with van der Waals surface area (Å²) >= 11 is 1.41. The number of carbonyl (C=O) groups excluding carboxylic acids is 1. The lowest BCUT2D eigenvalue weighted by molar-refractivity contribution is 0.0603. The topological polar surface area (TPSA) is 46.5 Å². The number of hydrogen-bond donors (Lipinski definition) is 1. The van der Waals surface area contributed by atoms with Crippen molar-refractivity contribution in [1.82, 2.24) is 0 Å². The standard InChI is InChI=1S/C10H8O3S/c1-13-10(12)6-5-14-8-4-2-3-7(11)9(6)8/h2-5,11H,1H3. The van der Waals surface area contributed by atoms with Gasteiger partial charge in [0.25, 0.3) is 0 Å². The molecule has 0 radical (unpaired) electrons. The minimum Gasteiger partial charge on any atom is -0.507 e. The number of phenolic OH excluding ortho intramolecular Hbond substituents is 1. The van der Waals surface area contributed by atoms with Crippen LogP contribution in [-0.4, -0.2) is 18.2 Å². The molecule has 1 N–H and O–H groups in total. The van der Waals surface area contributed by atoms with Crippen LogP contribution in [-0.2, 0) is 4.74 Å². The fraction of sp³-hybridized carbons (Fsp3) is 0.100. The number of thiophene rings is 1. The van der Waals surface area contributed by atoms with Crippen LogP contribution in [0.5, 0.6) is 5.75 Å². The van der Waals surface area contributed by atoms with Gasteiger partial charge in [-0.15, -0.1) is 11.3 Å². The second-order valence-electron chi connectivity index (χ2n) is 2.79. The number of esters is 1. The summed E-state index contributed by atoms with van der Waals surface area (Å²) in [6, 6.07) is 5.16. The summed E-state index contributed by atoms with van der Waals surface area (Å²) in [6.07, 6.45) is 0. The highest BCUT2D eigenvalue weighted by Crippen LogP contribution is 2.33. The van der Waals surface area contributed by atoms with Crippen molar-refractivity contribution in [3.63, 3.8) is 0 Å². The molecule has 4 heteroatoms. The Morgan fingerprint density at radius 1 is 1.50 bits per heavy atom. The predicted molar refractivity (Wildman–Crippen MR) is 54.8 cm³/mol. The number of ether oxygens (including phenoxy) is 1. The molecule has 2 rings (SSSR count). The molecule has 0 bridgehead atoms. The fourth-order valence-electron chi connectivity index (χ4n) is 1.33. The van der Waals surface area contributed by atoms with Crippen molar-refractivity contribution in [2.75, 3.05) is 7.11 Å². The first kappa shape index (κ1) is 9.02. The van der Waals surface area contributed by atoms with E-state index in [9.17, 15) is 9.90 Å². The van der Waals surface area contributed by atoms with E-state index in [1.807, 2.05) is 6.07 Å². The summed E-state index contributed by atoms with van der Waals surface area (Å²) in [5.74, 6) is -0.304. The Hall–Kier alpha value is -1.55. The number of carbonyl (C=O) groups is 1. The van der Waals surface area contributed by atoms with Crippen LogP contribution in [0.1, 0.15) is 10.4 Å². The molecule has 0 aliphatic heterocycles. The maximum Gasteiger partial charge on any atom is 0.339 e. The van der Waals surface area contributed by atoms with E-state index in [4.69, 9.17) is 0 Å². The van der Waals surface area contributed by atoms with E-state index in [0.29, 0.717) is 10.9 Å². The van der Waals surface area contributed by atoms with Gasteiger partial charge in [-0.05, 0) is 12.1 Å². The first-order valence-corrected chi connectivity index (χ1v) is 4.89. The van der Waals surface area contributed by atoms with E-state index >= 15 is 0 Å². The van der Waals surface area contributed by atoms with Gasteiger partial charge in [0, 0.05) is 15.5 Å². The monoisotopic (exact) mass is 208 g/mol. The molecule has 3 nitrogen and oxygen atoms in total. The molecule has 0 saturated heterocycles. The molecule has 0 unspecified atom stereocenters. The van der Waals surface area contributed by atoms with E-state index in [0.717, 1.165) is 4.70 Å². The lowest BCUT2D eigenvalue weighted by atomic mass is 10.1. The van der Waals surface area contributed by atoms with Crippen molar-refractivity contribution in [3.8, 4) is 5.75 Å². The number of benzene rings is 1. The second-order valence-corrected chi connectivity index (χ2v) is 3.70. The largest absolute Gasteiger partial charge is 0.507 e. The van der Waals surface area contributed by atoms with Gasteiger partial charge in [0.15, 0.2) is 0 Å². The van der Waals surface area contributed by atoms with E-state index in [1.54, 1.807) is 17.5 Å². The van der Waals surface area contributed by atoms with Crippen molar-refractivity contribution in [2.24, 2.45) is 0 Å². The lowest BCUT2D eigenvalue weighted by Crippen LogP contribution is -1.99. The van der Waals surface area contributed by atoms with E-state index in [-0.39, 0.29) is 5.75 Å². The molecule has 1 aromatic heterocycles. The van der Waals surface area contributed by atoms with Gasteiger partial charge in [0.05, 0.1) is 12.7 Å². The van der Waals surface area contributed by atoms with Gasteiger partial charge >= 0.3 is 5.97 Å². The molecule has 0 spiro atoms. The van der Waals surface area contributed by atoms with Crippen LogP contribution in [0.3, 0.4) is 0 Å². The van der Waals surface area contributed by atoms with Crippen LogP contribution < -0.4 is 0 Å². The molecule has 0 aliphatic rings. The van der Waals surface area contributed by atoms with Crippen molar-refractivity contribution < 1.29 is 14.6 Å². The number of aromatic hydroxyl groups is 1. The third-order valence-electron chi connectivity index (χ3n) is 1.98. The Bertz CT molecular complexity index is 487. The summed E-state index contributed by atoms with van der Waals surface area (Å²) in [5.41, 5.74) is 0.422. The van der Waals surface area contributed by atoms with Crippen LogP contribution >= 0.6 is 11.3 Å².